The summed E-state index contributed by atoms with van der Waals surface area (Å²) in [6.45, 7) is 0.646. The molecule has 4 heteroatoms. The molecular weight excluding hydrogens is 121 g/mol. The number of hydrogen-bond acceptors (Lipinski definition) is 2. The highest BCUT2D eigenvalue weighted by Crippen LogP contribution is 2.12. The summed E-state index contributed by atoms with van der Waals surface area (Å²) in [7, 11) is 5.20. The zero-order chi connectivity index (χ0) is 6.15. The fraction of sp³-hybridized carbons (Fsp3) is 0.750. The lowest BCUT2D eigenvalue weighted by Crippen LogP contribution is -2.24. The van der Waals surface area contributed by atoms with Gasteiger partial charge < -0.3 is 4.81 Å². The monoisotopic (exact) mass is 127 g/mol. The molecule has 0 aliphatic carbocycles. The van der Waals surface area contributed by atoms with Crippen LogP contribution < -0.4 is 0 Å². The van der Waals surface area contributed by atoms with Gasteiger partial charge in [0.15, 0.2) is 0 Å². The van der Waals surface area contributed by atoms with Crippen LogP contribution in [0, 0.1) is 0 Å². The number of carbonyl (C=O) groups is 1. The summed E-state index contributed by atoms with van der Waals surface area (Å²) >= 11 is 3.98. The first-order valence-electron chi connectivity index (χ1n) is 2.46. The Morgan fingerprint density at radius 3 is 2.62 bits per heavy atom. The molecule has 0 spiro atoms. The van der Waals surface area contributed by atoms with E-state index in [2.05, 4.69) is 12.6 Å². The fourth-order valence-electron chi connectivity index (χ4n) is 0.686. The van der Waals surface area contributed by atoms with E-state index in [9.17, 15) is 4.79 Å². The van der Waals surface area contributed by atoms with Crippen LogP contribution in [0.25, 0.3) is 0 Å². The topological polar surface area (TPSA) is 20.3 Å². The lowest BCUT2D eigenvalue weighted by atomic mass is 10.3. The normalized spacial score (nSPS) is 29.4. The third kappa shape index (κ3) is 0.846. The number of carbonyl (C=O) groups excluding carboxylic acids is 1. The van der Waals surface area contributed by atoms with Crippen molar-refractivity contribution in [3.05, 3.63) is 0 Å². The molecule has 1 saturated heterocycles. The van der Waals surface area contributed by atoms with Crippen molar-refractivity contribution in [2.45, 2.75) is 11.7 Å². The van der Waals surface area contributed by atoms with Gasteiger partial charge in [-0.2, -0.15) is 12.6 Å². The largest absolute Gasteiger partial charge is 0.396 e. The lowest BCUT2D eigenvalue weighted by molar-refractivity contribution is -0.123. The van der Waals surface area contributed by atoms with Crippen molar-refractivity contribution in [2.75, 3.05) is 6.54 Å². The molecule has 1 aliphatic heterocycles. The Morgan fingerprint density at radius 1 is 1.88 bits per heavy atom. The second kappa shape index (κ2) is 2.01. The number of thiol groups is 1. The molecule has 0 N–H and O–H groups in total. The van der Waals surface area contributed by atoms with Gasteiger partial charge in [-0.1, -0.05) is 0 Å². The first kappa shape index (κ1) is 6.01. The van der Waals surface area contributed by atoms with Gasteiger partial charge in [0.25, 0.3) is 0 Å². The molecule has 42 valence electrons. The SMILES string of the molecule is [B]N1CCC(S)C1=O. The van der Waals surface area contributed by atoms with Crippen molar-refractivity contribution in [3.8, 4) is 0 Å². The van der Waals surface area contributed by atoms with Crippen LogP contribution in [-0.2, 0) is 4.79 Å². The third-order valence-electron chi connectivity index (χ3n) is 1.21. The Balaban J connectivity index is 2.57. The maximum atomic E-state index is 10.6. The summed E-state index contributed by atoms with van der Waals surface area (Å²) in [4.78, 5) is 11.8. The lowest BCUT2D eigenvalue weighted by Gasteiger charge is -2.05. The number of amides is 1. The molecule has 1 fully saturated rings. The minimum atomic E-state index is -0.153. The summed E-state index contributed by atoms with van der Waals surface area (Å²) in [5.74, 6) is -0.0617. The molecule has 0 bridgehead atoms. The number of hydrogen-bond donors (Lipinski definition) is 1. The molecule has 8 heavy (non-hydrogen) atoms. The van der Waals surface area contributed by atoms with Crippen molar-refractivity contribution in [2.24, 2.45) is 0 Å². The molecule has 0 aromatic rings. The first-order valence-corrected chi connectivity index (χ1v) is 2.97. The molecule has 1 heterocycles. The van der Waals surface area contributed by atoms with Crippen LogP contribution in [0.3, 0.4) is 0 Å². The van der Waals surface area contributed by atoms with Gasteiger partial charge in [-0.15, -0.1) is 0 Å². The van der Waals surface area contributed by atoms with Gasteiger partial charge in [-0.25, -0.2) is 0 Å². The predicted octanol–water partition coefficient (Wildman–Crippen LogP) is -0.399. The zero-order valence-corrected chi connectivity index (χ0v) is 5.27. The van der Waals surface area contributed by atoms with E-state index in [-0.39, 0.29) is 11.2 Å². The molecule has 0 aromatic heterocycles. The Hall–Kier alpha value is -0.115. The molecule has 1 rings (SSSR count). The molecule has 2 radical (unpaired) electrons. The Bertz CT molecular complexity index is 107. The van der Waals surface area contributed by atoms with E-state index < -0.39 is 0 Å². The van der Waals surface area contributed by atoms with Crippen LogP contribution in [0.5, 0.6) is 0 Å². The summed E-state index contributed by atoms with van der Waals surface area (Å²) < 4.78 is 0. The van der Waals surface area contributed by atoms with Crippen LogP contribution in [0.1, 0.15) is 6.42 Å². The van der Waals surface area contributed by atoms with Gasteiger partial charge in [0.2, 0.25) is 13.9 Å². The van der Waals surface area contributed by atoms with E-state index in [0.29, 0.717) is 6.54 Å². The second-order valence-electron chi connectivity index (χ2n) is 1.84. The maximum absolute atomic E-state index is 10.6. The molecule has 1 atom stereocenters. The molecule has 0 aromatic carbocycles. The molecular formula is C4H6BNOS. The van der Waals surface area contributed by atoms with E-state index in [1.54, 1.807) is 0 Å². The standard InChI is InChI=1S/C4H6BNOS/c5-6-2-1-3(8)4(6)7/h3,8H,1-2H2. The minimum Gasteiger partial charge on any atom is -0.396 e. The highest BCUT2D eigenvalue weighted by atomic mass is 32.1. The van der Waals surface area contributed by atoms with Gasteiger partial charge >= 0.3 is 0 Å². The average molecular weight is 127 g/mol. The Morgan fingerprint density at radius 2 is 2.50 bits per heavy atom. The van der Waals surface area contributed by atoms with E-state index in [1.807, 2.05) is 0 Å². The van der Waals surface area contributed by atoms with Crippen LogP contribution in [0.4, 0.5) is 0 Å². The van der Waals surface area contributed by atoms with Crippen molar-refractivity contribution in [3.63, 3.8) is 0 Å². The Kier molecular flexibility index (Phi) is 1.51. The molecule has 1 aliphatic rings. The van der Waals surface area contributed by atoms with E-state index in [0.717, 1.165) is 6.42 Å². The summed E-state index contributed by atoms with van der Waals surface area (Å²) in [6, 6.07) is 0. The molecule has 0 saturated carbocycles. The summed E-state index contributed by atoms with van der Waals surface area (Å²) in [5.41, 5.74) is 0. The van der Waals surface area contributed by atoms with E-state index >= 15 is 0 Å². The zero-order valence-electron chi connectivity index (χ0n) is 4.37. The van der Waals surface area contributed by atoms with Crippen molar-refractivity contribution in [1.29, 1.82) is 0 Å². The van der Waals surface area contributed by atoms with Gasteiger partial charge in [0, 0.05) is 6.54 Å². The van der Waals surface area contributed by atoms with Crippen LogP contribution in [0.15, 0.2) is 0 Å². The molecule has 1 unspecified atom stereocenters. The smallest absolute Gasteiger partial charge is 0.230 e. The Labute approximate surface area is 55.1 Å². The van der Waals surface area contributed by atoms with Crippen molar-refractivity contribution < 1.29 is 4.79 Å². The van der Waals surface area contributed by atoms with Gasteiger partial charge in [-0.05, 0) is 6.42 Å². The van der Waals surface area contributed by atoms with Crippen LogP contribution in [-0.4, -0.2) is 30.5 Å². The first-order chi connectivity index (χ1) is 3.72. The van der Waals surface area contributed by atoms with Gasteiger partial charge in [0.05, 0.1) is 5.25 Å². The maximum Gasteiger partial charge on any atom is 0.230 e. The fourth-order valence-corrected chi connectivity index (χ4v) is 0.950. The highest BCUT2D eigenvalue weighted by Gasteiger charge is 2.24. The number of nitrogens with zero attached hydrogens (tertiary/aromatic N) is 1. The van der Waals surface area contributed by atoms with E-state index in [4.69, 9.17) is 7.98 Å². The van der Waals surface area contributed by atoms with Crippen LogP contribution in [0.2, 0.25) is 0 Å². The van der Waals surface area contributed by atoms with E-state index in [1.165, 1.54) is 4.81 Å². The molecule has 1 amide bonds. The third-order valence-corrected chi connectivity index (χ3v) is 1.69. The van der Waals surface area contributed by atoms with Crippen molar-refractivity contribution in [1.82, 2.24) is 4.81 Å². The van der Waals surface area contributed by atoms with Gasteiger partial charge in [0.1, 0.15) is 0 Å². The number of rotatable bonds is 0. The average Bonchev–Trinajstić information content (AvgIpc) is 1.98. The molecule has 2 nitrogen and oxygen atoms in total. The quantitative estimate of drug-likeness (QED) is 0.346. The van der Waals surface area contributed by atoms with Gasteiger partial charge in [-0.3, -0.25) is 4.79 Å². The second-order valence-corrected chi connectivity index (χ2v) is 2.46. The minimum absolute atomic E-state index is 0.0617. The summed E-state index contributed by atoms with van der Waals surface area (Å²) in [5, 5.41) is -0.153. The predicted molar refractivity (Wildman–Crippen MR) is 34.9 cm³/mol. The highest BCUT2D eigenvalue weighted by molar-refractivity contribution is 7.81. The summed E-state index contributed by atoms with van der Waals surface area (Å²) in [6.07, 6.45) is 0.776. The van der Waals surface area contributed by atoms with Crippen molar-refractivity contribution >= 4 is 26.5 Å². The van der Waals surface area contributed by atoms with Crippen LogP contribution >= 0.6 is 12.6 Å².